The molecule has 8 heteroatoms. The van der Waals surface area contributed by atoms with Crippen molar-refractivity contribution in [1.82, 2.24) is 20.0 Å². The van der Waals surface area contributed by atoms with E-state index >= 15 is 0 Å². The lowest BCUT2D eigenvalue weighted by Gasteiger charge is -2.33. The highest BCUT2D eigenvalue weighted by molar-refractivity contribution is 5.76. The van der Waals surface area contributed by atoms with E-state index in [0.29, 0.717) is 44.5 Å². The summed E-state index contributed by atoms with van der Waals surface area (Å²) >= 11 is 0. The molecule has 0 saturated carbocycles. The molecule has 3 heterocycles. The van der Waals surface area contributed by atoms with E-state index in [-0.39, 0.29) is 11.8 Å². The van der Waals surface area contributed by atoms with E-state index in [4.69, 9.17) is 0 Å². The van der Waals surface area contributed by atoms with Crippen molar-refractivity contribution in [1.29, 1.82) is 0 Å². The number of aromatic nitrogens is 2. The zero-order chi connectivity index (χ0) is 21.3. The number of hydrogen-bond acceptors (Lipinski definition) is 3. The Morgan fingerprint density at radius 1 is 1.20 bits per heavy atom. The van der Waals surface area contributed by atoms with Gasteiger partial charge in [-0.25, -0.2) is 0 Å². The van der Waals surface area contributed by atoms with Crippen LogP contribution in [-0.4, -0.2) is 45.5 Å². The van der Waals surface area contributed by atoms with Crippen molar-refractivity contribution in [3.05, 3.63) is 52.3 Å². The number of likely N-dealkylation sites (tertiary alicyclic amines) is 1. The second-order valence-corrected chi connectivity index (χ2v) is 8.18. The molecule has 1 aromatic carbocycles. The van der Waals surface area contributed by atoms with Crippen LogP contribution in [0.2, 0.25) is 0 Å². The van der Waals surface area contributed by atoms with Crippen molar-refractivity contribution in [3.63, 3.8) is 0 Å². The number of H-pyrrole nitrogens is 1. The van der Waals surface area contributed by atoms with Gasteiger partial charge in [0.2, 0.25) is 5.91 Å². The van der Waals surface area contributed by atoms with Gasteiger partial charge in [0.25, 0.3) is 0 Å². The Balaban J connectivity index is 1.38. The van der Waals surface area contributed by atoms with E-state index in [1.54, 1.807) is 12.1 Å². The van der Waals surface area contributed by atoms with Gasteiger partial charge in [0.05, 0.1) is 23.5 Å². The van der Waals surface area contributed by atoms with Crippen LogP contribution >= 0.6 is 0 Å². The summed E-state index contributed by atoms with van der Waals surface area (Å²) in [7, 11) is 0. The fourth-order valence-corrected chi connectivity index (χ4v) is 4.68. The van der Waals surface area contributed by atoms with Crippen molar-refractivity contribution in [2.45, 2.75) is 57.8 Å². The first-order chi connectivity index (χ1) is 14.4. The van der Waals surface area contributed by atoms with E-state index in [1.165, 1.54) is 17.7 Å². The second-order valence-electron chi connectivity index (χ2n) is 8.18. The summed E-state index contributed by atoms with van der Waals surface area (Å²) in [5, 5.41) is 7.57. The molecule has 2 aliphatic heterocycles. The van der Waals surface area contributed by atoms with Crippen LogP contribution in [0, 0.1) is 0 Å². The molecule has 4 rings (SSSR count). The molecule has 0 atom stereocenters. The Labute approximate surface area is 174 Å². The van der Waals surface area contributed by atoms with Crippen LogP contribution in [0.1, 0.15) is 60.2 Å². The summed E-state index contributed by atoms with van der Waals surface area (Å²) in [5.41, 5.74) is 3.12. The van der Waals surface area contributed by atoms with Gasteiger partial charge in [-0.2, -0.15) is 18.3 Å². The van der Waals surface area contributed by atoms with Crippen LogP contribution in [0.3, 0.4) is 0 Å². The average molecular weight is 420 g/mol. The molecule has 30 heavy (non-hydrogen) atoms. The van der Waals surface area contributed by atoms with Gasteiger partial charge in [-0.05, 0) is 49.9 Å². The van der Waals surface area contributed by atoms with Gasteiger partial charge in [-0.1, -0.05) is 25.1 Å². The van der Waals surface area contributed by atoms with Crippen LogP contribution in [0.25, 0.3) is 0 Å². The number of fused-ring (bicyclic) bond motifs is 1. The first kappa shape index (κ1) is 20.9. The number of carbonyl (C=O) groups is 1. The molecule has 2 aliphatic rings. The number of rotatable bonds is 4. The summed E-state index contributed by atoms with van der Waals surface area (Å²) in [5.74, 6) is 0.0822. The molecule has 1 amide bonds. The van der Waals surface area contributed by atoms with Crippen LogP contribution in [0.5, 0.6) is 0 Å². The van der Waals surface area contributed by atoms with E-state index < -0.39 is 11.7 Å². The average Bonchev–Trinajstić information content (AvgIpc) is 3.15. The monoisotopic (exact) mass is 420 g/mol. The van der Waals surface area contributed by atoms with E-state index in [2.05, 4.69) is 15.1 Å². The Morgan fingerprint density at radius 2 is 1.93 bits per heavy atom. The maximum atomic E-state index is 13.3. The zero-order valence-electron chi connectivity index (χ0n) is 17.1. The van der Waals surface area contributed by atoms with Crippen molar-refractivity contribution in [2.24, 2.45) is 0 Å². The molecule has 2 aromatic rings. The van der Waals surface area contributed by atoms with Crippen molar-refractivity contribution in [2.75, 3.05) is 19.6 Å². The van der Waals surface area contributed by atoms with E-state index in [1.807, 2.05) is 11.8 Å². The van der Waals surface area contributed by atoms with Crippen molar-refractivity contribution < 1.29 is 18.0 Å². The highest BCUT2D eigenvalue weighted by atomic mass is 19.4. The third-order valence-electron chi connectivity index (χ3n) is 6.34. The summed E-state index contributed by atoms with van der Waals surface area (Å²) in [6, 6.07) is 5.96. The van der Waals surface area contributed by atoms with E-state index in [9.17, 15) is 18.0 Å². The predicted molar refractivity (Wildman–Crippen MR) is 107 cm³/mol. The van der Waals surface area contributed by atoms with Gasteiger partial charge in [0.1, 0.15) is 0 Å². The minimum atomic E-state index is -4.31. The molecule has 0 spiro atoms. The van der Waals surface area contributed by atoms with Gasteiger partial charge in [0.15, 0.2) is 0 Å². The number of benzene rings is 1. The summed E-state index contributed by atoms with van der Waals surface area (Å²) in [6.45, 7) is 5.35. The molecule has 162 valence electrons. The number of alkyl halides is 3. The standard InChI is InChI=1S/C22H27F3N4O/c1-2-21(30)29-12-9-17-19(26-27-20(17)14-29)13-28-10-7-15(8-11-28)16-5-3-4-6-18(16)22(23,24)25/h3-6,15H,2,7-14H2,1H3,(H,26,27). The number of hydrogen-bond donors (Lipinski definition) is 1. The molecule has 0 aliphatic carbocycles. The molecular weight excluding hydrogens is 393 g/mol. The Bertz CT molecular complexity index is 900. The molecule has 5 nitrogen and oxygen atoms in total. The Morgan fingerprint density at radius 3 is 2.63 bits per heavy atom. The van der Waals surface area contributed by atoms with Crippen molar-refractivity contribution >= 4 is 5.91 Å². The second kappa shape index (κ2) is 8.41. The molecular formula is C22H27F3N4O. The molecule has 0 unspecified atom stereocenters. The topological polar surface area (TPSA) is 52.2 Å². The van der Waals surface area contributed by atoms with Crippen LogP contribution in [0.15, 0.2) is 24.3 Å². The molecule has 1 fully saturated rings. The van der Waals surface area contributed by atoms with E-state index in [0.717, 1.165) is 30.9 Å². The predicted octanol–water partition coefficient (Wildman–Crippen LogP) is 4.10. The lowest BCUT2D eigenvalue weighted by molar-refractivity contribution is -0.138. The SMILES string of the molecule is CCC(=O)N1CCc2c(CN3CCC(c4ccccc4C(F)(F)F)CC3)n[nH]c2C1. The molecule has 1 aromatic heterocycles. The number of nitrogens with one attached hydrogen (secondary N) is 1. The van der Waals surface area contributed by atoms with Crippen molar-refractivity contribution in [3.8, 4) is 0 Å². The smallest absolute Gasteiger partial charge is 0.336 e. The molecule has 0 bridgehead atoms. The maximum absolute atomic E-state index is 13.3. The van der Waals surface area contributed by atoms with Crippen LogP contribution < -0.4 is 0 Å². The fourth-order valence-electron chi connectivity index (χ4n) is 4.68. The van der Waals surface area contributed by atoms with Gasteiger partial charge < -0.3 is 4.90 Å². The summed E-state index contributed by atoms with van der Waals surface area (Å²) < 4.78 is 40.0. The lowest BCUT2D eigenvalue weighted by Crippen LogP contribution is -2.36. The number of piperidine rings is 1. The number of halogens is 3. The minimum absolute atomic E-state index is 0.0687. The molecule has 1 N–H and O–H groups in total. The quantitative estimate of drug-likeness (QED) is 0.810. The number of aromatic amines is 1. The highest BCUT2D eigenvalue weighted by Gasteiger charge is 2.36. The molecule has 0 radical (unpaired) electrons. The largest absolute Gasteiger partial charge is 0.416 e. The van der Waals surface area contributed by atoms with Gasteiger partial charge in [0, 0.05) is 25.1 Å². The molecule has 1 saturated heterocycles. The number of nitrogens with zero attached hydrogens (tertiary/aromatic N) is 3. The minimum Gasteiger partial charge on any atom is -0.336 e. The van der Waals surface area contributed by atoms with Gasteiger partial charge in [-0.15, -0.1) is 0 Å². The van der Waals surface area contributed by atoms with Crippen LogP contribution in [0.4, 0.5) is 13.2 Å². The van der Waals surface area contributed by atoms with Gasteiger partial charge >= 0.3 is 6.18 Å². The number of carbonyl (C=O) groups excluding carboxylic acids is 1. The Kier molecular flexibility index (Phi) is 5.86. The first-order valence-electron chi connectivity index (χ1n) is 10.6. The third kappa shape index (κ3) is 4.24. The lowest BCUT2D eigenvalue weighted by atomic mass is 9.86. The maximum Gasteiger partial charge on any atom is 0.416 e. The normalized spacial score (nSPS) is 18.5. The third-order valence-corrected chi connectivity index (χ3v) is 6.34. The zero-order valence-corrected chi connectivity index (χ0v) is 17.1. The number of amides is 1. The fraction of sp³-hybridized carbons (Fsp3) is 0.545. The Hall–Kier alpha value is -2.35. The van der Waals surface area contributed by atoms with Crippen LogP contribution in [-0.2, 0) is 30.5 Å². The first-order valence-corrected chi connectivity index (χ1v) is 10.6. The summed E-state index contributed by atoms with van der Waals surface area (Å²) in [4.78, 5) is 16.1. The van der Waals surface area contributed by atoms with Gasteiger partial charge in [-0.3, -0.25) is 14.8 Å². The highest BCUT2D eigenvalue weighted by Crippen LogP contribution is 2.38. The summed E-state index contributed by atoms with van der Waals surface area (Å²) in [6.07, 6.45) is -1.60.